The lowest BCUT2D eigenvalue weighted by atomic mass is 9.88. The molecule has 2 aromatic carbocycles. The normalized spacial score (nSPS) is 14.2. The van der Waals surface area contributed by atoms with E-state index in [0.29, 0.717) is 5.82 Å². The largest absolute Gasteiger partial charge is 0.481 e. The van der Waals surface area contributed by atoms with Crippen LogP contribution in [0.5, 0.6) is 0 Å². The van der Waals surface area contributed by atoms with Gasteiger partial charge in [-0.25, -0.2) is 14.2 Å². The molecule has 0 atom stereocenters. The molecule has 3 aromatic rings. The molecule has 1 heterocycles. The van der Waals surface area contributed by atoms with Crippen LogP contribution < -0.4 is 0 Å². The Kier molecular flexibility index (Phi) is 7.68. The zero-order valence-electron chi connectivity index (χ0n) is 18.3. The van der Waals surface area contributed by atoms with Crippen LogP contribution in [0.3, 0.4) is 0 Å². The molecule has 1 N–H and O–H groups in total. The summed E-state index contributed by atoms with van der Waals surface area (Å²) in [5.41, 5.74) is 1.05. The number of halogens is 3. The van der Waals surface area contributed by atoms with E-state index in [2.05, 4.69) is 20.9 Å². The molecule has 0 bridgehead atoms. The van der Waals surface area contributed by atoms with Crippen molar-refractivity contribution in [2.75, 3.05) is 0 Å². The van der Waals surface area contributed by atoms with Crippen LogP contribution in [0.1, 0.15) is 65.5 Å². The Hall–Kier alpha value is -2.71. The standard InChI is InChI=1S/C25H23BrClFN2O4/c26-23-21(25(33)34-14-15-7-3-1-4-8-15)29-24(16-9-5-2-6-10-16)30(23)22-17(13-19(31)32)11-12-18(27)20(22)28/h1,3-4,7-8,11-12,16H,2,5-6,9-10,13-14H2,(H,31,32). The summed E-state index contributed by atoms with van der Waals surface area (Å²) in [4.78, 5) is 29.1. The predicted octanol–water partition coefficient (Wildman–Crippen LogP) is 6.46. The molecule has 0 spiro atoms. The first-order valence-corrected chi connectivity index (χ1v) is 12.2. The maximum Gasteiger partial charge on any atom is 0.360 e. The molecule has 4 rings (SSSR count). The van der Waals surface area contributed by atoms with Gasteiger partial charge in [-0.15, -0.1) is 0 Å². The van der Waals surface area contributed by atoms with Gasteiger partial charge in [0.1, 0.15) is 17.0 Å². The molecule has 0 radical (unpaired) electrons. The number of hydrogen-bond donors (Lipinski definition) is 1. The number of aliphatic carboxylic acids is 1. The second-order valence-corrected chi connectivity index (χ2v) is 9.44. The van der Waals surface area contributed by atoms with Crippen LogP contribution in [0, 0.1) is 5.82 Å². The Morgan fingerprint density at radius 1 is 1.15 bits per heavy atom. The summed E-state index contributed by atoms with van der Waals surface area (Å²) in [6.45, 7) is 0.0630. The molecular formula is C25H23BrClFN2O4. The second kappa shape index (κ2) is 10.7. The quantitative estimate of drug-likeness (QED) is 0.342. The fraction of sp³-hybridized carbons (Fsp3) is 0.320. The first-order valence-electron chi connectivity index (χ1n) is 11.0. The third-order valence-corrected chi connectivity index (χ3v) is 6.96. The average Bonchev–Trinajstić information content (AvgIpc) is 3.18. The molecule has 6 nitrogen and oxygen atoms in total. The minimum absolute atomic E-state index is 0.0113. The van der Waals surface area contributed by atoms with Gasteiger partial charge in [0.25, 0.3) is 0 Å². The Morgan fingerprint density at radius 2 is 1.85 bits per heavy atom. The Morgan fingerprint density at radius 3 is 2.53 bits per heavy atom. The summed E-state index contributed by atoms with van der Waals surface area (Å²) in [5, 5.41) is 9.25. The summed E-state index contributed by atoms with van der Waals surface area (Å²) >= 11 is 9.52. The fourth-order valence-corrected chi connectivity index (χ4v) is 5.08. The Labute approximate surface area is 209 Å². The van der Waals surface area contributed by atoms with Gasteiger partial charge in [-0.05, 0) is 46.0 Å². The molecular weight excluding hydrogens is 527 g/mol. The molecule has 1 saturated carbocycles. The average molecular weight is 550 g/mol. The molecule has 0 saturated heterocycles. The van der Waals surface area contributed by atoms with E-state index < -0.39 is 24.2 Å². The van der Waals surface area contributed by atoms with Gasteiger partial charge in [0.2, 0.25) is 0 Å². The number of esters is 1. The van der Waals surface area contributed by atoms with Gasteiger partial charge in [0.05, 0.1) is 17.1 Å². The number of benzene rings is 2. The highest BCUT2D eigenvalue weighted by atomic mass is 79.9. The number of nitrogens with zero attached hydrogens (tertiary/aromatic N) is 2. The van der Waals surface area contributed by atoms with Crippen molar-refractivity contribution in [3.8, 4) is 5.69 Å². The SMILES string of the molecule is O=C(O)Cc1ccc(Cl)c(F)c1-n1c(C2CCCCC2)nc(C(=O)OCc2ccccc2)c1Br. The molecule has 0 unspecified atom stereocenters. The maximum atomic E-state index is 15.4. The number of carboxylic acids is 1. The summed E-state index contributed by atoms with van der Waals surface area (Å²) in [6.07, 6.45) is 4.33. The van der Waals surface area contributed by atoms with Crippen molar-refractivity contribution in [3.63, 3.8) is 0 Å². The van der Waals surface area contributed by atoms with Crippen molar-refractivity contribution in [1.82, 2.24) is 9.55 Å². The molecule has 1 aliphatic carbocycles. The molecule has 1 aromatic heterocycles. The molecule has 34 heavy (non-hydrogen) atoms. The summed E-state index contributed by atoms with van der Waals surface area (Å²) < 4.78 is 22.6. The first kappa shape index (κ1) is 24.4. The number of hydrogen-bond acceptors (Lipinski definition) is 4. The van der Waals surface area contributed by atoms with Crippen molar-refractivity contribution >= 4 is 39.5 Å². The van der Waals surface area contributed by atoms with Crippen LogP contribution in [-0.2, 0) is 22.6 Å². The van der Waals surface area contributed by atoms with E-state index in [-0.39, 0.29) is 39.1 Å². The van der Waals surface area contributed by atoms with E-state index in [0.717, 1.165) is 37.7 Å². The Balaban J connectivity index is 1.80. The summed E-state index contributed by atoms with van der Waals surface area (Å²) in [7, 11) is 0. The fourth-order valence-electron chi connectivity index (χ4n) is 4.31. The molecule has 0 amide bonds. The van der Waals surface area contributed by atoms with Gasteiger partial charge in [-0.1, -0.05) is 67.3 Å². The van der Waals surface area contributed by atoms with Crippen LogP contribution in [0.15, 0.2) is 47.1 Å². The van der Waals surface area contributed by atoms with Gasteiger partial charge < -0.3 is 9.84 Å². The maximum absolute atomic E-state index is 15.4. The number of carbonyl (C=O) groups excluding carboxylic acids is 1. The highest BCUT2D eigenvalue weighted by Gasteiger charge is 2.31. The summed E-state index contributed by atoms with van der Waals surface area (Å²) in [6, 6.07) is 12.1. The molecule has 9 heteroatoms. The number of carbonyl (C=O) groups is 2. The van der Waals surface area contributed by atoms with Crippen LogP contribution >= 0.6 is 27.5 Å². The lowest BCUT2D eigenvalue weighted by Gasteiger charge is -2.23. The van der Waals surface area contributed by atoms with Gasteiger partial charge in [-0.2, -0.15) is 0 Å². The third-order valence-electron chi connectivity index (χ3n) is 5.94. The number of rotatable bonds is 7. The van der Waals surface area contributed by atoms with Crippen molar-refractivity contribution < 1.29 is 23.8 Å². The first-order chi connectivity index (χ1) is 16.4. The lowest BCUT2D eigenvalue weighted by molar-refractivity contribution is -0.136. The van der Waals surface area contributed by atoms with E-state index >= 15 is 4.39 Å². The smallest absolute Gasteiger partial charge is 0.360 e. The van der Waals surface area contributed by atoms with Crippen molar-refractivity contribution in [2.24, 2.45) is 0 Å². The van der Waals surface area contributed by atoms with Crippen LogP contribution in [-0.4, -0.2) is 26.6 Å². The van der Waals surface area contributed by atoms with Gasteiger partial charge in [0, 0.05) is 5.92 Å². The minimum Gasteiger partial charge on any atom is -0.481 e. The minimum atomic E-state index is -1.11. The molecule has 0 aliphatic heterocycles. The second-order valence-electron chi connectivity index (χ2n) is 8.28. The summed E-state index contributed by atoms with van der Waals surface area (Å²) in [5.74, 6) is -2.06. The van der Waals surface area contributed by atoms with E-state index in [9.17, 15) is 14.7 Å². The lowest BCUT2D eigenvalue weighted by Crippen LogP contribution is -2.15. The van der Waals surface area contributed by atoms with Crippen LogP contribution in [0.4, 0.5) is 4.39 Å². The zero-order chi connectivity index (χ0) is 24.2. The molecule has 178 valence electrons. The van der Waals surface area contributed by atoms with Crippen LogP contribution in [0.25, 0.3) is 5.69 Å². The third kappa shape index (κ3) is 5.18. The van der Waals surface area contributed by atoms with Gasteiger partial charge in [0.15, 0.2) is 11.5 Å². The molecule has 1 fully saturated rings. The predicted molar refractivity (Wildman–Crippen MR) is 129 cm³/mol. The highest BCUT2D eigenvalue weighted by Crippen LogP contribution is 2.39. The van der Waals surface area contributed by atoms with E-state index in [1.54, 1.807) is 0 Å². The monoisotopic (exact) mass is 548 g/mol. The number of aromatic nitrogens is 2. The number of ether oxygens (including phenoxy) is 1. The van der Waals surface area contributed by atoms with E-state index in [4.69, 9.17) is 16.3 Å². The van der Waals surface area contributed by atoms with Crippen LogP contribution in [0.2, 0.25) is 5.02 Å². The van der Waals surface area contributed by atoms with E-state index in [1.165, 1.54) is 16.7 Å². The van der Waals surface area contributed by atoms with Crippen molar-refractivity contribution in [2.45, 2.75) is 51.0 Å². The number of carboxylic acid groups (broad SMARTS) is 1. The van der Waals surface area contributed by atoms with Gasteiger partial charge >= 0.3 is 11.9 Å². The van der Waals surface area contributed by atoms with Crippen molar-refractivity contribution in [3.05, 3.63) is 80.6 Å². The molecule has 1 aliphatic rings. The van der Waals surface area contributed by atoms with Gasteiger partial charge in [-0.3, -0.25) is 9.36 Å². The van der Waals surface area contributed by atoms with Crippen molar-refractivity contribution in [1.29, 1.82) is 0 Å². The zero-order valence-corrected chi connectivity index (χ0v) is 20.6. The van der Waals surface area contributed by atoms with E-state index in [1.807, 2.05) is 30.3 Å². The Bertz CT molecular complexity index is 1210. The topological polar surface area (TPSA) is 81.4 Å². The number of imidazole rings is 1. The highest BCUT2D eigenvalue weighted by molar-refractivity contribution is 9.10.